The summed E-state index contributed by atoms with van der Waals surface area (Å²) in [7, 11) is 0. The van der Waals surface area contributed by atoms with Crippen LogP contribution in [0.5, 0.6) is 0 Å². The molecule has 0 bridgehead atoms. The highest BCUT2D eigenvalue weighted by atomic mass is 19.1. The maximum atomic E-state index is 13.9. The lowest BCUT2D eigenvalue weighted by Gasteiger charge is -2.16. The molecule has 3 heterocycles. The Morgan fingerprint density at radius 3 is 2.87 bits per heavy atom. The molecule has 1 aliphatic rings. The molecule has 0 radical (unpaired) electrons. The van der Waals surface area contributed by atoms with Gasteiger partial charge in [0.15, 0.2) is 23.9 Å². The smallest absolute Gasteiger partial charge is 0.226 e. The molecule has 23 heavy (non-hydrogen) atoms. The molecule has 1 aliphatic heterocycles. The highest BCUT2D eigenvalue weighted by Gasteiger charge is 2.45. The minimum atomic E-state index is -1.71. The van der Waals surface area contributed by atoms with E-state index >= 15 is 0 Å². The predicted molar refractivity (Wildman–Crippen MR) is 79.2 cm³/mol. The van der Waals surface area contributed by atoms with Gasteiger partial charge in [0.2, 0.25) is 5.95 Å². The van der Waals surface area contributed by atoms with Gasteiger partial charge in [-0.1, -0.05) is 0 Å². The molecule has 10 nitrogen and oxygen atoms in total. The molecule has 4 atom stereocenters. The zero-order valence-electron chi connectivity index (χ0n) is 12.1. The highest BCUT2D eigenvalue weighted by molar-refractivity contribution is 5.82. The molecule has 0 spiro atoms. The standard InChI is InChI=1S/C12H18FN7O3/c13-6-5(3-21)23-11(8(6)22)20-4-17-7-9(15)18-12(16-2-1-14)19-10(7)20/h4-6,8,11,21-22H,1-3,14H2,(H3,15,16,18,19)/t5-,6-,8-,11-/m1/s1. The molecule has 0 unspecified atom stereocenters. The fraction of sp³-hybridized carbons (Fsp3) is 0.583. The number of halogens is 1. The predicted octanol–water partition coefficient (Wildman–Crippen LogP) is -1.63. The van der Waals surface area contributed by atoms with Gasteiger partial charge in [-0.05, 0) is 0 Å². The normalized spacial score (nSPS) is 27.7. The second-order valence-electron chi connectivity index (χ2n) is 5.15. The highest BCUT2D eigenvalue weighted by Crippen LogP contribution is 2.33. The first-order chi connectivity index (χ1) is 11.1. The zero-order valence-corrected chi connectivity index (χ0v) is 12.1. The second-order valence-corrected chi connectivity index (χ2v) is 5.15. The second kappa shape index (κ2) is 6.20. The van der Waals surface area contributed by atoms with Gasteiger partial charge < -0.3 is 31.7 Å². The van der Waals surface area contributed by atoms with Crippen LogP contribution in [0.4, 0.5) is 16.2 Å². The number of ether oxygens (including phenoxy) is 1. The van der Waals surface area contributed by atoms with Crippen LogP contribution in [0.3, 0.4) is 0 Å². The van der Waals surface area contributed by atoms with E-state index in [1.807, 2.05) is 0 Å². The number of rotatable bonds is 5. The van der Waals surface area contributed by atoms with Gasteiger partial charge in [-0.2, -0.15) is 9.97 Å². The maximum absolute atomic E-state index is 13.9. The summed E-state index contributed by atoms with van der Waals surface area (Å²) in [6, 6.07) is 0. The van der Waals surface area contributed by atoms with E-state index in [0.717, 1.165) is 0 Å². The molecular weight excluding hydrogens is 309 g/mol. The number of anilines is 2. The number of hydrogen-bond donors (Lipinski definition) is 5. The molecule has 2 aromatic rings. The van der Waals surface area contributed by atoms with Crippen molar-refractivity contribution in [1.29, 1.82) is 0 Å². The molecule has 1 fully saturated rings. The molecule has 7 N–H and O–H groups in total. The van der Waals surface area contributed by atoms with Gasteiger partial charge in [0.25, 0.3) is 0 Å². The number of nitrogens with one attached hydrogen (secondary N) is 1. The van der Waals surface area contributed by atoms with Crippen LogP contribution in [0.2, 0.25) is 0 Å². The minimum Gasteiger partial charge on any atom is -0.394 e. The number of aromatic nitrogens is 4. The number of imidazole rings is 1. The fourth-order valence-corrected chi connectivity index (χ4v) is 2.47. The molecule has 11 heteroatoms. The average Bonchev–Trinajstić information content (AvgIpc) is 3.08. The van der Waals surface area contributed by atoms with Crippen LogP contribution >= 0.6 is 0 Å². The van der Waals surface area contributed by atoms with Gasteiger partial charge in [-0.3, -0.25) is 4.57 Å². The SMILES string of the molecule is NCCNc1nc(N)c2ncn([C@@H]3O[C@H](CO)[C@@H](F)[C@H]3O)c2n1. The lowest BCUT2D eigenvalue weighted by atomic mass is 10.1. The lowest BCUT2D eigenvalue weighted by Crippen LogP contribution is -2.29. The fourth-order valence-electron chi connectivity index (χ4n) is 2.47. The summed E-state index contributed by atoms with van der Waals surface area (Å²) in [5, 5.41) is 22.0. The van der Waals surface area contributed by atoms with Crippen molar-refractivity contribution < 1.29 is 19.3 Å². The van der Waals surface area contributed by atoms with Crippen molar-refractivity contribution in [3.63, 3.8) is 0 Å². The zero-order chi connectivity index (χ0) is 16.6. The Morgan fingerprint density at radius 2 is 2.22 bits per heavy atom. The molecule has 0 saturated carbocycles. The van der Waals surface area contributed by atoms with Crippen LogP contribution in [0, 0.1) is 0 Å². The van der Waals surface area contributed by atoms with Gasteiger partial charge in [0, 0.05) is 13.1 Å². The molecular formula is C12H18FN7O3. The average molecular weight is 327 g/mol. The van der Waals surface area contributed by atoms with Gasteiger partial charge in [-0.25, -0.2) is 9.37 Å². The minimum absolute atomic E-state index is 0.135. The lowest BCUT2D eigenvalue weighted by molar-refractivity contribution is -0.0495. The third-order valence-corrected chi connectivity index (χ3v) is 3.62. The number of alkyl halides is 1. The number of nitrogens with two attached hydrogens (primary N) is 2. The topological polar surface area (TPSA) is 157 Å². The Labute approximate surface area is 130 Å². The maximum Gasteiger partial charge on any atom is 0.226 e. The molecule has 0 aromatic carbocycles. The van der Waals surface area contributed by atoms with E-state index in [4.69, 9.17) is 21.3 Å². The largest absolute Gasteiger partial charge is 0.394 e. The Morgan fingerprint density at radius 1 is 1.43 bits per heavy atom. The monoisotopic (exact) mass is 327 g/mol. The number of aliphatic hydroxyl groups excluding tert-OH is 2. The number of aliphatic hydroxyl groups is 2. The Kier molecular flexibility index (Phi) is 4.26. The number of nitrogen functional groups attached to an aromatic ring is 1. The molecule has 126 valence electrons. The van der Waals surface area contributed by atoms with Crippen LogP contribution < -0.4 is 16.8 Å². The van der Waals surface area contributed by atoms with E-state index in [2.05, 4.69) is 20.3 Å². The van der Waals surface area contributed by atoms with Crippen LogP contribution in [0.15, 0.2) is 6.33 Å². The third-order valence-electron chi connectivity index (χ3n) is 3.62. The van der Waals surface area contributed by atoms with Crippen LogP contribution in [0.25, 0.3) is 11.2 Å². The Bertz CT molecular complexity index is 697. The molecule has 0 amide bonds. The van der Waals surface area contributed by atoms with Crippen molar-refractivity contribution in [2.75, 3.05) is 30.7 Å². The van der Waals surface area contributed by atoms with Crippen molar-refractivity contribution in [2.24, 2.45) is 5.73 Å². The van der Waals surface area contributed by atoms with Crippen molar-refractivity contribution in [2.45, 2.75) is 24.6 Å². The summed E-state index contributed by atoms with van der Waals surface area (Å²) < 4.78 is 20.6. The van der Waals surface area contributed by atoms with E-state index in [1.165, 1.54) is 10.9 Å². The summed E-state index contributed by atoms with van der Waals surface area (Å²) >= 11 is 0. The number of nitrogens with zero attached hydrogens (tertiary/aromatic N) is 4. The Hall–Kier alpha value is -2.08. The first-order valence-corrected chi connectivity index (χ1v) is 7.09. The summed E-state index contributed by atoms with van der Waals surface area (Å²) in [6.07, 6.45) is -4.01. The van der Waals surface area contributed by atoms with E-state index in [-0.39, 0.29) is 17.4 Å². The first kappa shape index (κ1) is 15.8. The van der Waals surface area contributed by atoms with E-state index in [9.17, 15) is 9.50 Å². The van der Waals surface area contributed by atoms with Crippen LogP contribution in [-0.4, -0.2) is 67.8 Å². The first-order valence-electron chi connectivity index (χ1n) is 7.09. The van der Waals surface area contributed by atoms with Crippen molar-refractivity contribution in [3.8, 4) is 0 Å². The van der Waals surface area contributed by atoms with Gasteiger partial charge in [0.05, 0.1) is 12.9 Å². The summed E-state index contributed by atoms with van der Waals surface area (Å²) in [5.41, 5.74) is 11.8. The van der Waals surface area contributed by atoms with Gasteiger partial charge in [0.1, 0.15) is 17.7 Å². The third kappa shape index (κ3) is 2.67. The van der Waals surface area contributed by atoms with E-state index in [1.54, 1.807) is 0 Å². The molecule has 0 aliphatic carbocycles. The van der Waals surface area contributed by atoms with Crippen LogP contribution in [-0.2, 0) is 4.74 Å². The molecule has 3 rings (SSSR count). The van der Waals surface area contributed by atoms with Gasteiger partial charge >= 0.3 is 0 Å². The van der Waals surface area contributed by atoms with Crippen molar-refractivity contribution in [1.82, 2.24) is 19.5 Å². The summed E-state index contributed by atoms with van der Waals surface area (Å²) in [5.74, 6) is 0.376. The van der Waals surface area contributed by atoms with Crippen molar-refractivity contribution >= 4 is 22.9 Å². The summed E-state index contributed by atoms with van der Waals surface area (Å²) in [4.78, 5) is 12.4. The molecule has 1 saturated heterocycles. The quantitative estimate of drug-likeness (QED) is 0.434. The molecule has 2 aromatic heterocycles. The van der Waals surface area contributed by atoms with E-state index in [0.29, 0.717) is 18.6 Å². The summed E-state index contributed by atoms with van der Waals surface area (Å²) in [6.45, 7) is 0.287. The van der Waals surface area contributed by atoms with Crippen molar-refractivity contribution in [3.05, 3.63) is 6.33 Å². The van der Waals surface area contributed by atoms with Gasteiger partial charge in [-0.15, -0.1) is 0 Å². The number of fused-ring (bicyclic) bond motifs is 1. The van der Waals surface area contributed by atoms with Crippen LogP contribution in [0.1, 0.15) is 6.23 Å². The Balaban J connectivity index is 1.99. The number of hydrogen-bond acceptors (Lipinski definition) is 9. The van der Waals surface area contributed by atoms with E-state index < -0.39 is 31.2 Å².